The lowest BCUT2D eigenvalue weighted by Crippen LogP contribution is -2.23. The molecule has 1 saturated heterocycles. The SMILES string of the molecule is Nc1nccc([C@H]2CCN(CC3CC3)C2)n1. The highest BCUT2D eigenvalue weighted by Crippen LogP contribution is 2.33. The highest BCUT2D eigenvalue weighted by atomic mass is 15.2. The molecule has 1 atom stereocenters. The summed E-state index contributed by atoms with van der Waals surface area (Å²) in [6, 6.07) is 2.00. The predicted molar refractivity (Wildman–Crippen MR) is 63.0 cm³/mol. The monoisotopic (exact) mass is 218 g/mol. The van der Waals surface area contributed by atoms with Gasteiger partial charge >= 0.3 is 0 Å². The summed E-state index contributed by atoms with van der Waals surface area (Å²) >= 11 is 0. The van der Waals surface area contributed by atoms with Crippen LogP contribution in [0.2, 0.25) is 0 Å². The Morgan fingerprint density at radius 3 is 3.00 bits per heavy atom. The number of likely N-dealkylation sites (tertiary alicyclic amines) is 1. The number of anilines is 1. The third-order valence-electron chi connectivity index (χ3n) is 3.60. The third kappa shape index (κ3) is 2.16. The van der Waals surface area contributed by atoms with Crippen LogP contribution >= 0.6 is 0 Å². The van der Waals surface area contributed by atoms with Crippen molar-refractivity contribution in [2.45, 2.75) is 25.2 Å². The van der Waals surface area contributed by atoms with Gasteiger partial charge in [0.25, 0.3) is 0 Å². The van der Waals surface area contributed by atoms with Gasteiger partial charge in [-0.05, 0) is 37.8 Å². The molecule has 16 heavy (non-hydrogen) atoms. The Balaban J connectivity index is 1.63. The maximum Gasteiger partial charge on any atom is 0.220 e. The Hall–Kier alpha value is -1.16. The van der Waals surface area contributed by atoms with Gasteiger partial charge in [-0.1, -0.05) is 0 Å². The number of nitrogens with two attached hydrogens (primary N) is 1. The van der Waals surface area contributed by atoms with E-state index in [1.54, 1.807) is 6.20 Å². The first-order valence-electron chi connectivity index (χ1n) is 6.12. The van der Waals surface area contributed by atoms with E-state index < -0.39 is 0 Å². The molecule has 0 radical (unpaired) electrons. The summed E-state index contributed by atoms with van der Waals surface area (Å²) in [4.78, 5) is 10.8. The number of hydrogen-bond donors (Lipinski definition) is 1. The molecule has 1 aromatic heterocycles. The normalized spacial score (nSPS) is 26.1. The molecule has 2 N–H and O–H groups in total. The zero-order valence-electron chi connectivity index (χ0n) is 9.47. The van der Waals surface area contributed by atoms with Gasteiger partial charge in [0.15, 0.2) is 0 Å². The average Bonchev–Trinajstić information content (AvgIpc) is 2.94. The zero-order valence-corrected chi connectivity index (χ0v) is 9.47. The molecule has 0 bridgehead atoms. The van der Waals surface area contributed by atoms with Gasteiger partial charge in [0, 0.05) is 25.2 Å². The summed E-state index contributed by atoms with van der Waals surface area (Å²) in [5.74, 6) is 1.94. The molecule has 1 aliphatic heterocycles. The van der Waals surface area contributed by atoms with E-state index in [9.17, 15) is 0 Å². The second kappa shape index (κ2) is 4.01. The lowest BCUT2D eigenvalue weighted by atomic mass is 10.1. The fourth-order valence-electron chi connectivity index (χ4n) is 2.52. The van der Waals surface area contributed by atoms with E-state index in [-0.39, 0.29) is 0 Å². The third-order valence-corrected chi connectivity index (χ3v) is 3.60. The minimum absolute atomic E-state index is 0.401. The fraction of sp³-hybridized carbons (Fsp3) is 0.667. The van der Waals surface area contributed by atoms with Crippen molar-refractivity contribution in [2.75, 3.05) is 25.4 Å². The van der Waals surface area contributed by atoms with Crippen LogP contribution in [0.1, 0.15) is 30.9 Å². The van der Waals surface area contributed by atoms with E-state index in [0.29, 0.717) is 11.9 Å². The van der Waals surface area contributed by atoms with Crippen molar-refractivity contribution in [1.82, 2.24) is 14.9 Å². The second-order valence-electron chi connectivity index (χ2n) is 5.03. The number of hydrogen-bond acceptors (Lipinski definition) is 4. The van der Waals surface area contributed by atoms with Crippen LogP contribution < -0.4 is 5.73 Å². The van der Waals surface area contributed by atoms with E-state index in [1.165, 1.54) is 32.4 Å². The molecule has 86 valence electrons. The molecule has 3 rings (SSSR count). The summed E-state index contributed by atoms with van der Waals surface area (Å²) in [6.07, 6.45) is 5.84. The molecule has 1 aromatic rings. The fourth-order valence-corrected chi connectivity index (χ4v) is 2.52. The van der Waals surface area contributed by atoms with Crippen LogP contribution in [0.25, 0.3) is 0 Å². The molecule has 0 unspecified atom stereocenters. The molecular weight excluding hydrogens is 200 g/mol. The minimum atomic E-state index is 0.401. The van der Waals surface area contributed by atoms with Crippen LogP contribution in [0.5, 0.6) is 0 Å². The van der Waals surface area contributed by atoms with Crippen molar-refractivity contribution >= 4 is 5.95 Å². The number of nitrogen functional groups attached to an aromatic ring is 1. The maximum atomic E-state index is 5.62. The first-order chi connectivity index (χ1) is 7.81. The van der Waals surface area contributed by atoms with Crippen molar-refractivity contribution in [2.24, 2.45) is 5.92 Å². The van der Waals surface area contributed by atoms with Gasteiger partial charge in [-0.2, -0.15) is 0 Å². The Bertz CT molecular complexity index is 375. The van der Waals surface area contributed by atoms with Crippen LogP contribution in [-0.2, 0) is 0 Å². The maximum absolute atomic E-state index is 5.62. The second-order valence-corrected chi connectivity index (χ2v) is 5.03. The smallest absolute Gasteiger partial charge is 0.220 e. The predicted octanol–water partition coefficient (Wildman–Crippen LogP) is 1.26. The topological polar surface area (TPSA) is 55.0 Å². The molecule has 4 heteroatoms. The molecule has 0 aromatic carbocycles. The van der Waals surface area contributed by atoms with Gasteiger partial charge in [-0.25, -0.2) is 9.97 Å². The molecule has 0 amide bonds. The average molecular weight is 218 g/mol. The Kier molecular flexibility index (Phi) is 2.52. The van der Waals surface area contributed by atoms with Crippen LogP contribution in [0.3, 0.4) is 0 Å². The molecule has 1 saturated carbocycles. The van der Waals surface area contributed by atoms with Crippen LogP contribution in [0.4, 0.5) is 5.95 Å². The van der Waals surface area contributed by atoms with Gasteiger partial charge in [0.05, 0.1) is 5.69 Å². The molecule has 2 heterocycles. The first kappa shape index (κ1) is 10.0. The number of aromatic nitrogens is 2. The van der Waals surface area contributed by atoms with Gasteiger partial charge in [0.1, 0.15) is 0 Å². The van der Waals surface area contributed by atoms with E-state index in [4.69, 9.17) is 5.73 Å². The number of rotatable bonds is 3. The Morgan fingerprint density at radius 2 is 2.25 bits per heavy atom. The van der Waals surface area contributed by atoms with Gasteiger partial charge in [-0.15, -0.1) is 0 Å². The molecular formula is C12H18N4. The summed E-state index contributed by atoms with van der Waals surface area (Å²) < 4.78 is 0. The lowest BCUT2D eigenvalue weighted by molar-refractivity contribution is 0.320. The highest BCUT2D eigenvalue weighted by molar-refractivity contribution is 5.20. The van der Waals surface area contributed by atoms with Crippen molar-refractivity contribution in [3.63, 3.8) is 0 Å². The summed E-state index contributed by atoms with van der Waals surface area (Å²) in [6.45, 7) is 3.65. The van der Waals surface area contributed by atoms with Crippen molar-refractivity contribution < 1.29 is 0 Å². The molecule has 2 aliphatic rings. The van der Waals surface area contributed by atoms with Crippen molar-refractivity contribution in [1.29, 1.82) is 0 Å². The molecule has 2 fully saturated rings. The highest BCUT2D eigenvalue weighted by Gasteiger charge is 2.30. The summed E-state index contributed by atoms with van der Waals surface area (Å²) in [5.41, 5.74) is 6.73. The van der Waals surface area contributed by atoms with Crippen molar-refractivity contribution in [3.05, 3.63) is 18.0 Å². The van der Waals surface area contributed by atoms with E-state index in [1.807, 2.05) is 6.07 Å². The first-order valence-corrected chi connectivity index (χ1v) is 6.12. The minimum Gasteiger partial charge on any atom is -0.368 e. The molecule has 1 aliphatic carbocycles. The van der Waals surface area contributed by atoms with Crippen LogP contribution in [0.15, 0.2) is 12.3 Å². The van der Waals surface area contributed by atoms with Gasteiger partial charge in [-0.3, -0.25) is 0 Å². The summed E-state index contributed by atoms with van der Waals surface area (Å²) in [5, 5.41) is 0. The van der Waals surface area contributed by atoms with Gasteiger partial charge in [0.2, 0.25) is 5.95 Å². The van der Waals surface area contributed by atoms with Crippen LogP contribution in [0, 0.1) is 5.92 Å². The molecule has 4 nitrogen and oxygen atoms in total. The standard InChI is InChI=1S/C12H18N4/c13-12-14-5-3-11(15-12)10-4-6-16(8-10)7-9-1-2-9/h3,5,9-10H,1-2,4,6-8H2,(H2,13,14,15)/t10-/m0/s1. The van der Waals surface area contributed by atoms with Crippen LogP contribution in [-0.4, -0.2) is 34.5 Å². The molecule has 0 spiro atoms. The largest absolute Gasteiger partial charge is 0.368 e. The van der Waals surface area contributed by atoms with Crippen molar-refractivity contribution in [3.8, 4) is 0 Å². The Labute approximate surface area is 95.9 Å². The summed E-state index contributed by atoms with van der Waals surface area (Å²) in [7, 11) is 0. The quantitative estimate of drug-likeness (QED) is 0.829. The van der Waals surface area contributed by atoms with E-state index in [0.717, 1.165) is 18.2 Å². The number of nitrogens with zero attached hydrogens (tertiary/aromatic N) is 3. The van der Waals surface area contributed by atoms with E-state index in [2.05, 4.69) is 14.9 Å². The Morgan fingerprint density at radius 1 is 1.38 bits per heavy atom. The lowest BCUT2D eigenvalue weighted by Gasteiger charge is -2.15. The van der Waals surface area contributed by atoms with E-state index >= 15 is 0 Å². The zero-order chi connectivity index (χ0) is 11.0. The van der Waals surface area contributed by atoms with Gasteiger partial charge < -0.3 is 10.6 Å².